The van der Waals surface area contributed by atoms with Crippen LogP contribution in [0.4, 0.5) is 0 Å². The lowest BCUT2D eigenvalue weighted by atomic mass is 10.1. The number of hydrogen-bond acceptors (Lipinski definition) is 3. The van der Waals surface area contributed by atoms with Crippen molar-refractivity contribution in [2.75, 3.05) is 13.1 Å². The molecule has 5 nitrogen and oxygen atoms in total. The van der Waals surface area contributed by atoms with Gasteiger partial charge in [-0.15, -0.1) is 0 Å². The van der Waals surface area contributed by atoms with Gasteiger partial charge in [-0.05, 0) is 19.8 Å². The summed E-state index contributed by atoms with van der Waals surface area (Å²) in [4.78, 5) is 24.5. The molecule has 0 unspecified atom stereocenters. The van der Waals surface area contributed by atoms with Crippen molar-refractivity contribution in [2.45, 2.75) is 34.1 Å². The number of aliphatic carboxylic acids is 1. The van der Waals surface area contributed by atoms with Crippen LogP contribution in [-0.2, 0) is 9.59 Å². The summed E-state index contributed by atoms with van der Waals surface area (Å²) >= 11 is 0. The molecule has 18 heavy (non-hydrogen) atoms. The molecule has 0 aliphatic rings. The van der Waals surface area contributed by atoms with Gasteiger partial charge in [0.2, 0.25) is 5.91 Å². The fraction of sp³-hybridized carbons (Fsp3) is 0.615. The van der Waals surface area contributed by atoms with Crippen LogP contribution in [0, 0.1) is 17.2 Å². The molecule has 0 spiro atoms. The Balaban J connectivity index is 5.01. The SMILES string of the molecule is CC(C(=O)O)=C(C)C(=O)N(CCC#N)CC(C)C. The highest BCUT2D eigenvalue weighted by atomic mass is 16.4. The Hall–Kier alpha value is -1.83. The van der Waals surface area contributed by atoms with E-state index in [1.807, 2.05) is 19.9 Å². The Morgan fingerprint density at radius 2 is 1.83 bits per heavy atom. The second-order valence-electron chi connectivity index (χ2n) is 4.61. The zero-order valence-electron chi connectivity index (χ0n) is 11.4. The number of rotatable bonds is 6. The van der Waals surface area contributed by atoms with Crippen molar-refractivity contribution < 1.29 is 14.7 Å². The van der Waals surface area contributed by atoms with E-state index >= 15 is 0 Å². The van der Waals surface area contributed by atoms with Crippen molar-refractivity contribution in [3.8, 4) is 6.07 Å². The summed E-state index contributed by atoms with van der Waals surface area (Å²) < 4.78 is 0. The molecule has 0 fully saturated rings. The molecule has 0 aliphatic carbocycles. The van der Waals surface area contributed by atoms with Gasteiger partial charge in [0.25, 0.3) is 0 Å². The van der Waals surface area contributed by atoms with Gasteiger partial charge < -0.3 is 10.0 Å². The monoisotopic (exact) mass is 252 g/mol. The Morgan fingerprint density at radius 3 is 2.22 bits per heavy atom. The molecule has 5 heteroatoms. The molecule has 0 rings (SSSR count). The molecule has 0 atom stereocenters. The molecule has 1 N–H and O–H groups in total. The first-order valence-corrected chi connectivity index (χ1v) is 5.88. The number of carboxylic acid groups (broad SMARTS) is 1. The average Bonchev–Trinajstić information content (AvgIpc) is 2.30. The predicted molar refractivity (Wildman–Crippen MR) is 67.7 cm³/mol. The summed E-state index contributed by atoms with van der Waals surface area (Å²) in [6.07, 6.45) is 0.248. The summed E-state index contributed by atoms with van der Waals surface area (Å²) in [6.45, 7) is 7.70. The molecule has 0 saturated carbocycles. The number of nitrogens with zero attached hydrogens (tertiary/aromatic N) is 2. The van der Waals surface area contributed by atoms with Gasteiger partial charge in [0, 0.05) is 24.2 Å². The smallest absolute Gasteiger partial charge is 0.331 e. The van der Waals surface area contributed by atoms with Crippen molar-refractivity contribution in [1.29, 1.82) is 5.26 Å². The van der Waals surface area contributed by atoms with E-state index in [1.54, 1.807) is 0 Å². The number of amides is 1. The van der Waals surface area contributed by atoms with E-state index in [0.29, 0.717) is 13.1 Å². The van der Waals surface area contributed by atoms with E-state index in [4.69, 9.17) is 10.4 Å². The molecule has 0 aromatic rings. The minimum Gasteiger partial charge on any atom is -0.478 e. The minimum atomic E-state index is -1.09. The van der Waals surface area contributed by atoms with Crippen molar-refractivity contribution in [3.63, 3.8) is 0 Å². The molecule has 0 aliphatic heterocycles. The summed E-state index contributed by atoms with van der Waals surface area (Å²) in [5.74, 6) is -1.13. The van der Waals surface area contributed by atoms with Crippen molar-refractivity contribution in [2.24, 2.45) is 5.92 Å². The lowest BCUT2D eigenvalue weighted by Gasteiger charge is -2.24. The van der Waals surface area contributed by atoms with Gasteiger partial charge in [0.15, 0.2) is 0 Å². The third-order valence-corrected chi connectivity index (χ3v) is 2.57. The molecule has 0 aromatic carbocycles. The zero-order valence-corrected chi connectivity index (χ0v) is 11.4. The van der Waals surface area contributed by atoms with Crippen LogP contribution in [0.25, 0.3) is 0 Å². The molecule has 1 amide bonds. The van der Waals surface area contributed by atoms with E-state index < -0.39 is 5.97 Å². The standard InChI is InChI=1S/C13H20N2O3/c1-9(2)8-15(7-5-6-14)12(16)10(3)11(4)13(17)18/h9H,5,7-8H2,1-4H3,(H,17,18). The highest BCUT2D eigenvalue weighted by molar-refractivity contribution is 6.01. The van der Waals surface area contributed by atoms with Crippen LogP contribution in [0.2, 0.25) is 0 Å². The Kier molecular flexibility index (Phi) is 6.73. The molecule has 0 bridgehead atoms. The maximum Gasteiger partial charge on any atom is 0.331 e. The summed E-state index contributed by atoms with van der Waals surface area (Å²) in [7, 11) is 0. The van der Waals surface area contributed by atoms with Crippen molar-refractivity contribution in [3.05, 3.63) is 11.1 Å². The maximum absolute atomic E-state index is 12.1. The van der Waals surface area contributed by atoms with Crippen LogP contribution in [0.15, 0.2) is 11.1 Å². The summed E-state index contributed by atoms with van der Waals surface area (Å²) in [5, 5.41) is 17.4. The predicted octanol–water partition coefficient (Wildman–Crippen LogP) is 1.81. The highest BCUT2D eigenvalue weighted by Gasteiger charge is 2.19. The Labute approximate surface area is 108 Å². The molecule has 0 aromatic heterocycles. The van der Waals surface area contributed by atoms with Gasteiger partial charge in [-0.2, -0.15) is 5.26 Å². The quantitative estimate of drug-likeness (QED) is 0.731. The normalized spacial score (nSPS) is 11.8. The van der Waals surface area contributed by atoms with Crippen LogP contribution < -0.4 is 0 Å². The van der Waals surface area contributed by atoms with Gasteiger partial charge in [-0.3, -0.25) is 4.79 Å². The number of carboxylic acids is 1. The van der Waals surface area contributed by atoms with Crippen LogP contribution in [0.1, 0.15) is 34.1 Å². The van der Waals surface area contributed by atoms with Gasteiger partial charge in [-0.25, -0.2) is 4.79 Å². The third kappa shape index (κ3) is 5.00. The number of carbonyl (C=O) groups excluding carboxylic acids is 1. The average molecular weight is 252 g/mol. The van der Waals surface area contributed by atoms with E-state index in [-0.39, 0.29) is 29.4 Å². The lowest BCUT2D eigenvalue weighted by Crippen LogP contribution is -2.36. The summed E-state index contributed by atoms with van der Waals surface area (Å²) in [6, 6.07) is 1.99. The first-order chi connectivity index (χ1) is 8.31. The first-order valence-electron chi connectivity index (χ1n) is 5.88. The van der Waals surface area contributed by atoms with Gasteiger partial charge in [0.05, 0.1) is 12.5 Å². The molecule has 100 valence electrons. The fourth-order valence-electron chi connectivity index (χ4n) is 1.46. The number of hydrogen-bond donors (Lipinski definition) is 1. The largest absolute Gasteiger partial charge is 0.478 e. The van der Waals surface area contributed by atoms with Gasteiger partial charge >= 0.3 is 5.97 Å². The molecular weight excluding hydrogens is 232 g/mol. The second kappa shape index (κ2) is 7.49. The third-order valence-electron chi connectivity index (χ3n) is 2.57. The van der Waals surface area contributed by atoms with Crippen LogP contribution >= 0.6 is 0 Å². The zero-order chi connectivity index (χ0) is 14.3. The molecular formula is C13H20N2O3. The van der Waals surface area contributed by atoms with Crippen molar-refractivity contribution >= 4 is 11.9 Å². The van der Waals surface area contributed by atoms with Crippen molar-refractivity contribution in [1.82, 2.24) is 4.90 Å². The van der Waals surface area contributed by atoms with Crippen LogP contribution in [0.5, 0.6) is 0 Å². The lowest BCUT2D eigenvalue weighted by molar-refractivity contribution is -0.134. The minimum absolute atomic E-state index is 0.0470. The summed E-state index contributed by atoms with van der Waals surface area (Å²) in [5.41, 5.74) is 0.270. The van der Waals surface area contributed by atoms with E-state index in [2.05, 4.69) is 0 Å². The maximum atomic E-state index is 12.1. The molecule has 0 saturated heterocycles. The second-order valence-corrected chi connectivity index (χ2v) is 4.61. The highest BCUT2D eigenvalue weighted by Crippen LogP contribution is 2.10. The molecule has 0 radical (unpaired) electrons. The van der Waals surface area contributed by atoms with Crippen LogP contribution in [0.3, 0.4) is 0 Å². The van der Waals surface area contributed by atoms with Gasteiger partial charge in [0.1, 0.15) is 0 Å². The van der Waals surface area contributed by atoms with E-state index in [1.165, 1.54) is 18.7 Å². The Morgan fingerprint density at radius 1 is 1.28 bits per heavy atom. The van der Waals surface area contributed by atoms with Crippen LogP contribution in [-0.4, -0.2) is 35.0 Å². The number of carbonyl (C=O) groups is 2. The molecule has 0 heterocycles. The van der Waals surface area contributed by atoms with E-state index in [9.17, 15) is 9.59 Å². The topological polar surface area (TPSA) is 81.4 Å². The van der Waals surface area contributed by atoms with E-state index in [0.717, 1.165) is 0 Å². The van der Waals surface area contributed by atoms with Gasteiger partial charge in [-0.1, -0.05) is 13.8 Å². The fourth-order valence-corrected chi connectivity index (χ4v) is 1.46. The number of nitriles is 1. The Bertz CT molecular complexity index is 392. The first kappa shape index (κ1) is 16.2.